The summed E-state index contributed by atoms with van der Waals surface area (Å²) in [5.74, 6) is -0.726. The zero-order valence-corrected chi connectivity index (χ0v) is 16.1. The summed E-state index contributed by atoms with van der Waals surface area (Å²) in [7, 11) is 0. The second kappa shape index (κ2) is 8.95. The maximum absolute atomic E-state index is 12.4. The third-order valence-corrected chi connectivity index (χ3v) is 5.91. The van der Waals surface area contributed by atoms with Crippen LogP contribution in [0.3, 0.4) is 0 Å². The SMILES string of the molecule is CCOC(=O)c1c(NC(=O)CO/N=C/c2cccs2)sc2c1CCCC2. The van der Waals surface area contributed by atoms with E-state index in [2.05, 4.69) is 10.5 Å². The second-order valence-electron chi connectivity index (χ2n) is 5.71. The number of hydrogen-bond acceptors (Lipinski definition) is 7. The number of esters is 1. The fourth-order valence-corrected chi connectivity index (χ4v) is 4.65. The summed E-state index contributed by atoms with van der Waals surface area (Å²) in [6.45, 7) is 1.86. The standard InChI is InChI=1S/C18H20N2O4S2/c1-2-23-18(22)16-13-7-3-4-8-14(13)26-17(16)20-15(21)11-24-19-10-12-6-5-9-25-12/h5-6,9-10H,2-4,7-8,11H2,1H3,(H,20,21)/b19-10+. The number of nitrogens with zero attached hydrogens (tertiary/aromatic N) is 1. The van der Waals surface area contributed by atoms with E-state index in [1.165, 1.54) is 22.7 Å². The van der Waals surface area contributed by atoms with Crippen LogP contribution in [0.25, 0.3) is 0 Å². The Morgan fingerprint density at radius 2 is 2.19 bits per heavy atom. The van der Waals surface area contributed by atoms with Crippen LogP contribution >= 0.6 is 22.7 Å². The summed E-state index contributed by atoms with van der Waals surface area (Å²) in [6, 6.07) is 3.81. The molecule has 0 radical (unpaired) electrons. The Labute approximate surface area is 159 Å². The van der Waals surface area contributed by atoms with Crippen LogP contribution in [0.1, 0.15) is 45.4 Å². The molecule has 1 amide bonds. The number of carbonyl (C=O) groups is 2. The van der Waals surface area contributed by atoms with E-state index >= 15 is 0 Å². The van der Waals surface area contributed by atoms with Gasteiger partial charge in [0.1, 0.15) is 5.00 Å². The summed E-state index contributed by atoms with van der Waals surface area (Å²) >= 11 is 2.99. The topological polar surface area (TPSA) is 77.0 Å². The lowest BCUT2D eigenvalue weighted by atomic mass is 9.95. The number of amides is 1. The molecule has 0 fully saturated rings. The fourth-order valence-electron chi connectivity index (χ4n) is 2.79. The molecule has 2 heterocycles. The van der Waals surface area contributed by atoms with Gasteiger partial charge in [-0.3, -0.25) is 4.79 Å². The molecule has 0 saturated heterocycles. The van der Waals surface area contributed by atoms with Crippen molar-refractivity contribution in [3.8, 4) is 0 Å². The number of thiophene rings is 2. The summed E-state index contributed by atoms with van der Waals surface area (Å²) < 4.78 is 5.18. The molecule has 3 rings (SSSR count). The van der Waals surface area contributed by atoms with Gasteiger partial charge in [-0.05, 0) is 49.6 Å². The first-order chi connectivity index (χ1) is 12.7. The van der Waals surface area contributed by atoms with Gasteiger partial charge in [0.2, 0.25) is 0 Å². The van der Waals surface area contributed by atoms with Gasteiger partial charge in [-0.2, -0.15) is 0 Å². The number of ether oxygens (including phenoxy) is 1. The quantitative estimate of drug-likeness (QED) is 0.441. The van der Waals surface area contributed by atoms with Gasteiger partial charge in [0, 0.05) is 9.75 Å². The second-order valence-corrected chi connectivity index (χ2v) is 7.79. The average Bonchev–Trinajstić information content (AvgIpc) is 3.26. The zero-order chi connectivity index (χ0) is 18.4. The van der Waals surface area contributed by atoms with Crippen molar-refractivity contribution in [2.75, 3.05) is 18.5 Å². The molecule has 0 spiro atoms. The van der Waals surface area contributed by atoms with Crippen molar-refractivity contribution in [3.05, 3.63) is 38.4 Å². The molecule has 0 saturated carbocycles. The first-order valence-electron chi connectivity index (χ1n) is 8.49. The molecule has 138 valence electrons. The largest absolute Gasteiger partial charge is 0.462 e. The first kappa shape index (κ1) is 18.6. The van der Waals surface area contributed by atoms with E-state index < -0.39 is 0 Å². The van der Waals surface area contributed by atoms with E-state index in [1.54, 1.807) is 13.1 Å². The maximum atomic E-state index is 12.4. The highest BCUT2D eigenvalue weighted by Crippen LogP contribution is 2.38. The van der Waals surface area contributed by atoms with E-state index in [1.807, 2.05) is 17.5 Å². The van der Waals surface area contributed by atoms with Crippen LogP contribution in [0.15, 0.2) is 22.7 Å². The van der Waals surface area contributed by atoms with E-state index in [-0.39, 0.29) is 18.5 Å². The van der Waals surface area contributed by atoms with Gasteiger partial charge in [0.05, 0.1) is 18.4 Å². The molecule has 0 aliphatic heterocycles. The van der Waals surface area contributed by atoms with Gasteiger partial charge in [-0.15, -0.1) is 22.7 Å². The Balaban J connectivity index is 1.65. The van der Waals surface area contributed by atoms with Crippen molar-refractivity contribution in [1.29, 1.82) is 0 Å². The van der Waals surface area contributed by atoms with Crippen molar-refractivity contribution in [3.63, 3.8) is 0 Å². The summed E-state index contributed by atoms with van der Waals surface area (Å²) in [5.41, 5.74) is 1.52. The minimum atomic E-state index is -0.376. The monoisotopic (exact) mass is 392 g/mol. The fraction of sp³-hybridized carbons (Fsp3) is 0.389. The molecule has 8 heteroatoms. The molecule has 2 aromatic heterocycles. The number of oxime groups is 1. The molecule has 1 aliphatic rings. The highest BCUT2D eigenvalue weighted by molar-refractivity contribution is 7.17. The van der Waals surface area contributed by atoms with E-state index in [9.17, 15) is 9.59 Å². The van der Waals surface area contributed by atoms with Gasteiger partial charge < -0.3 is 14.9 Å². The normalized spacial score (nSPS) is 13.4. The van der Waals surface area contributed by atoms with Crippen LogP contribution in [0.2, 0.25) is 0 Å². The highest BCUT2D eigenvalue weighted by Gasteiger charge is 2.27. The predicted molar refractivity (Wildman–Crippen MR) is 103 cm³/mol. The van der Waals surface area contributed by atoms with Crippen LogP contribution in [0.4, 0.5) is 5.00 Å². The van der Waals surface area contributed by atoms with Gasteiger partial charge in [0.15, 0.2) is 6.61 Å². The number of rotatable bonds is 7. The molecule has 0 aromatic carbocycles. The smallest absolute Gasteiger partial charge is 0.341 e. The Hall–Kier alpha value is -2.19. The van der Waals surface area contributed by atoms with E-state index in [4.69, 9.17) is 9.57 Å². The molecule has 2 aromatic rings. The van der Waals surface area contributed by atoms with Gasteiger partial charge in [-0.25, -0.2) is 4.79 Å². The van der Waals surface area contributed by atoms with Crippen molar-refractivity contribution >= 4 is 45.8 Å². The highest BCUT2D eigenvalue weighted by atomic mass is 32.1. The molecule has 6 nitrogen and oxygen atoms in total. The molecular weight excluding hydrogens is 372 g/mol. The minimum Gasteiger partial charge on any atom is -0.462 e. The van der Waals surface area contributed by atoms with Crippen LogP contribution in [-0.2, 0) is 27.2 Å². The maximum Gasteiger partial charge on any atom is 0.341 e. The number of fused-ring (bicyclic) bond motifs is 1. The lowest BCUT2D eigenvalue weighted by Gasteiger charge is -2.12. The number of nitrogens with one attached hydrogen (secondary N) is 1. The number of hydrogen-bond donors (Lipinski definition) is 1. The summed E-state index contributed by atoms with van der Waals surface area (Å²) in [6.07, 6.45) is 5.49. The molecule has 26 heavy (non-hydrogen) atoms. The minimum absolute atomic E-state index is 0.216. The third-order valence-electron chi connectivity index (χ3n) is 3.90. The van der Waals surface area contributed by atoms with Crippen LogP contribution in [-0.4, -0.2) is 31.3 Å². The van der Waals surface area contributed by atoms with Crippen LogP contribution in [0, 0.1) is 0 Å². The Morgan fingerprint density at radius 3 is 2.96 bits per heavy atom. The Morgan fingerprint density at radius 1 is 1.35 bits per heavy atom. The van der Waals surface area contributed by atoms with Gasteiger partial charge in [-0.1, -0.05) is 11.2 Å². The Kier molecular flexibility index (Phi) is 6.40. The Bertz CT molecular complexity index is 796. The van der Waals surface area contributed by atoms with E-state index in [0.29, 0.717) is 17.2 Å². The number of aryl methyl sites for hydroxylation is 1. The van der Waals surface area contributed by atoms with Gasteiger partial charge >= 0.3 is 5.97 Å². The molecule has 0 unspecified atom stereocenters. The summed E-state index contributed by atoms with van der Waals surface area (Å²) in [5, 5.41) is 9.05. The van der Waals surface area contributed by atoms with Crippen LogP contribution < -0.4 is 5.32 Å². The van der Waals surface area contributed by atoms with Crippen molar-refractivity contribution in [2.45, 2.75) is 32.6 Å². The van der Waals surface area contributed by atoms with E-state index in [0.717, 1.165) is 41.0 Å². The average molecular weight is 393 g/mol. The molecule has 0 atom stereocenters. The molecular formula is C18H20N2O4S2. The lowest BCUT2D eigenvalue weighted by molar-refractivity contribution is -0.120. The molecule has 1 N–H and O–H groups in total. The van der Waals surface area contributed by atoms with Crippen molar-refractivity contribution in [2.24, 2.45) is 5.16 Å². The van der Waals surface area contributed by atoms with Gasteiger partial charge in [0.25, 0.3) is 5.91 Å². The van der Waals surface area contributed by atoms with Crippen LogP contribution in [0.5, 0.6) is 0 Å². The zero-order valence-electron chi connectivity index (χ0n) is 14.4. The predicted octanol–water partition coefficient (Wildman–Crippen LogP) is 3.85. The number of anilines is 1. The van der Waals surface area contributed by atoms with Crippen molar-refractivity contribution in [1.82, 2.24) is 0 Å². The molecule has 1 aliphatic carbocycles. The third kappa shape index (κ3) is 4.50. The lowest BCUT2D eigenvalue weighted by Crippen LogP contribution is -2.19. The molecule has 0 bridgehead atoms. The number of carbonyl (C=O) groups excluding carboxylic acids is 2. The first-order valence-corrected chi connectivity index (χ1v) is 10.2. The van der Waals surface area contributed by atoms with Crippen molar-refractivity contribution < 1.29 is 19.2 Å². The summed E-state index contributed by atoms with van der Waals surface area (Å²) in [4.78, 5) is 31.7.